The first-order chi connectivity index (χ1) is 12.7. The van der Waals surface area contributed by atoms with Gasteiger partial charge < -0.3 is 15.0 Å². The number of carbonyl (C=O) groups excluding carboxylic acids is 2. The van der Waals surface area contributed by atoms with Crippen LogP contribution in [-0.4, -0.2) is 57.2 Å². The second-order valence-corrected chi connectivity index (χ2v) is 8.65. The molecule has 0 saturated carbocycles. The Morgan fingerprint density at radius 3 is 2.22 bits per heavy atom. The van der Waals surface area contributed by atoms with E-state index in [0.717, 1.165) is 0 Å². The molecule has 0 radical (unpaired) electrons. The topological polar surface area (TPSA) is 79.0 Å². The number of carbonyl (C=O) groups is 2. The lowest BCUT2D eigenvalue weighted by atomic mass is 10.2. The summed E-state index contributed by atoms with van der Waals surface area (Å²) < 4.78 is 19.9. The molecule has 1 aromatic carbocycles. The van der Waals surface area contributed by atoms with Crippen molar-refractivity contribution in [2.24, 2.45) is 0 Å². The van der Waals surface area contributed by atoms with Crippen molar-refractivity contribution < 1.29 is 18.5 Å². The molecule has 1 aliphatic heterocycles. The summed E-state index contributed by atoms with van der Waals surface area (Å²) in [5.41, 5.74) is 0.120. The van der Waals surface area contributed by atoms with Crippen LogP contribution in [0.3, 0.4) is 0 Å². The molecule has 0 spiro atoms. The van der Waals surface area contributed by atoms with Crippen molar-refractivity contribution in [3.05, 3.63) is 36.4 Å². The summed E-state index contributed by atoms with van der Waals surface area (Å²) in [6.45, 7) is 9.23. The third-order valence-electron chi connectivity index (χ3n) is 3.77. The van der Waals surface area contributed by atoms with Crippen molar-refractivity contribution in [1.29, 1.82) is 0 Å². The van der Waals surface area contributed by atoms with Crippen LogP contribution in [0.15, 0.2) is 41.3 Å². The van der Waals surface area contributed by atoms with Gasteiger partial charge in [-0.1, -0.05) is 6.08 Å². The van der Waals surface area contributed by atoms with E-state index in [2.05, 4.69) is 5.32 Å². The highest BCUT2D eigenvalue weighted by atomic mass is 32.2. The van der Waals surface area contributed by atoms with Gasteiger partial charge in [-0.25, -0.2) is 13.3 Å². The molecule has 2 amide bonds. The largest absolute Gasteiger partial charge is 0.444 e. The number of piperazine rings is 1. The standard InChI is InChI=1S/C19H27N3O4S/c1-5-6-17(23)20-15-7-9-16(10-8-15)27(25)22-13-11-21(12-14-22)18(24)26-19(2,3)4/h5-10H,11-14H2,1-4H3,(H,20,23)/b6-5+. The predicted octanol–water partition coefficient (Wildman–Crippen LogP) is 2.78. The van der Waals surface area contributed by atoms with Gasteiger partial charge in [0.05, 0.1) is 4.90 Å². The number of ether oxygens (including phenoxy) is 1. The quantitative estimate of drug-likeness (QED) is 0.798. The Morgan fingerprint density at radius 1 is 1.11 bits per heavy atom. The van der Waals surface area contributed by atoms with Gasteiger partial charge in [-0.3, -0.25) is 4.79 Å². The van der Waals surface area contributed by atoms with Gasteiger partial charge in [-0.05, 0) is 58.0 Å². The molecule has 1 atom stereocenters. The molecule has 0 aromatic heterocycles. The SMILES string of the molecule is C/C=C/C(=O)Nc1ccc(S(=O)N2CCN(C(=O)OC(C)(C)C)CC2)cc1. The molecule has 8 heteroatoms. The molecule has 1 heterocycles. The van der Waals surface area contributed by atoms with Crippen LogP contribution >= 0.6 is 0 Å². The van der Waals surface area contributed by atoms with Crippen LogP contribution in [0.25, 0.3) is 0 Å². The van der Waals surface area contributed by atoms with E-state index in [1.807, 2.05) is 25.1 Å². The van der Waals surface area contributed by atoms with Gasteiger partial charge in [0.1, 0.15) is 16.6 Å². The monoisotopic (exact) mass is 393 g/mol. The molecule has 1 aliphatic rings. The Kier molecular flexibility index (Phi) is 7.15. The van der Waals surface area contributed by atoms with Gasteiger partial charge in [0.15, 0.2) is 0 Å². The summed E-state index contributed by atoms with van der Waals surface area (Å²) in [6, 6.07) is 6.93. The zero-order valence-corrected chi connectivity index (χ0v) is 17.0. The molecule has 0 aliphatic carbocycles. The third-order valence-corrected chi connectivity index (χ3v) is 5.28. The molecule has 1 aromatic rings. The van der Waals surface area contributed by atoms with E-state index in [9.17, 15) is 13.8 Å². The van der Waals surface area contributed by atoms with Crippen molar-refractivity contribution in [1.82, 2.24) is 9.21 Å². The van der Waals surface area contributed by atoms with E-state index >= 15 is 0 Å². The highest BCUT2D eigenvalue weighted by Gasteiger charge is 2.28. The fourth-order valence-corrected chi connectivity index (χ4v) is 3.66. The Bertz CT molecular complexity index is 717. The number of hydrogen-bond donors (Lipinski definition) is 1. The van der Waals surface area contributed by atoms with Crippen LogP contribution in [0.4, 0.5) is 10.5 Å². The van der Waals surface area contributed by atoms with Crippen molar-refractivity contribution in [2.45, 2.75) is 38.2 Å². The Labute approximate surface area is 162 Å². The molecule has 27 heavy (non-hydrogen) atoms. The number of rotatable bonds is 4. The highest BCUT2D eigenvalue weighted by molar-refractivity contribution is 7.82. The van der Waals surface area contributed by atoms with E-state index in [1.165, 1.54) is 6.08 Å². The van der Waals surface area contributed by atoms with E-state index < -0.39 is 16.6 Å². The van der Waals surface area contributed by atoms with Gasteiger partial charge in [0.2, 0.25) is 5.91 Å². The van der Waals surface area contributed by atoms with Crippen molar-refractivity contribution in [3.63, 3.8) is 0 Å². The summed E-state index contributed by atoms with van der Waals surface area (Å²) in [7, 11) is -1.31. The maximum atomic E-state index is 12.7. The molecular formula is C19H27N3O4S. The second kappa shape index (κ2) is 9.14. The number of benzene rings is 1. The maximum Gasteiger partial charge on any atom is 0.410 e. The fourth-order valence-electron chi connectivity index (χ4n) is 2.50. The zero-order chi connectivity index (χ0) is 20.0. The minimum Gasteiger partial charge on any atom is -0.444 e. The summed E-state index contributed by atoms with van der Waals surface area (Å²) in [6.07, 6.45) is 2.76. The van der Waals surface area contributed by atoms with E-state index in [-0.39, 0.29) is 12.0 Å². The number of anilines is 1. The minimum absolute atomic E-state index is 0.204. The van der Waals surface area contributed by atoms with Gasteiger partial charge in [-0.2, -0.15) is 0 Å². The molecule has 0 bridgehead atoms. The van der Waals surface area contributed by atoms with E-state index in [1.54, 1.807) is 42.2 Å². The number of allylic oxidation sites excluding steroid dienone is 1. The molecule has 1 fully saturated rings. The average molecular weight is 394 g/mol. The maximum absolute atomic E-state index is 12.7. The normalized spacial score (nSPS) is 17.0. The zero-order valence-electron chi connectivity index (χ0n) is 16.2. The smallest absolute Gasteiger partial charge is 0.410 e. The van der Waals surface area contributed by atoms with Crippen molar-refractivity contribution >= 4 is 28.7 Å². The number of amides is 2. The molecule has 2 rings (SSSR count). The predicted molar refractivity (Wildman–Crippen MR) is 106 cm³/mol. The number of nitrogens with one attached hydrogen (secondary N) is 1. The van der Waals surface area contributed by atoms with Crippen LogP contribution in [0.1, 0.15) is 27.7 Å². The van der Waals surface area contributed by atoms with Gasteiger partial charge >= 0.3 is 6.09 Å². The highest BCUT2D eigenvalue weighted by Crippen LogP contribution is 2.18. The average Bonchev–Trinajstić information content (AvgIpc) is 2.60. The number of nitrogens with zero attached hydrogens (tertiary/aromatic N) is 2. The van der Waals surface area contributed by atoms with Gasteiger partial charge in [0.25, 0.3) is 0 Å². The molecule has 148 valence electrons. The van der Waals surface area contributed by atoms with E-state index in [0.29, 0.717) is 36.8 Å². The Hall–Kier alpha value is -2.19. The molecular weight excluding hydrogens is 366 g/mol. The lowest BCUT2D eigenvalue weighted by molar-refractivity contribution is -0.111. The van der Waals surface area contributed by atoms with Gasteiger partial charge in [-0.15, -0.1) is 0 Å². The van der Waals surface area contributed by atoms with Crippen LogP contribution in [-0.2, 0) is 20.5 Å². The summed E-state index contributed by atoms with van der Waals surface area (Å²) >= 11 is 0. The van der Waals surface area contributed by atoms with Crippen LogP contribution < -0.4 is 5.32 Å². The van der Waals surface area contributed by atoms with Crippen molar-refractivity contribution in [3.8, 4) is 0 Å². The number of hydrogen-bond acceptors (Lipinski definition) is 4. The second-order valence-electron chi connectivity index (χ2n) is 7.16. The van der Waals surface area contributed by atoms with Crippen molar-refractivity contribution in [2.75, 3.05) is 31.5 Å². The summed E-state index contributed by atoms with van der Waals surface area (Å²) in [5.74, 6) is -0.204. The first-order valence-electron chi connectivity index (χ1n) is 8.88. The fraction of sp³-hybridized carbons (Fsp3) is 0.474. The summed E-state index contributed by atoms with van der Waals surface area (Å²) in [5, 5.41) is 2.73. The molecule has 1 unspecified atom stereocenters. The minimum atomic E-state index is -1.31. The Morgan fingerprint density at radius 2 is 1.70 bits per heavy atom. The summed E-state index contributed by atoms with van der Waals surface area (Å²) in [4.78, 5) is 25.9. The lowest BCUT2D eigenvalue weighted by Crippen LogP contribution is -2.50. The van der Waals surface area contributed by atoms with Crippen LogP contribution in [0, 0.1) is 0 Å². The van der Waals surface area contributed by atoms with Crippen LogP contribution in [0.5, 0.6) is 0 Å². The molecule has 1 saturated heterocycles. The van der Waals surface area contributed by atoms with E-state index in [4.69, 9.17) is 4.74 Å². The molecule has 1 N–H and O–H groups in total. The van der Waals surface area contributed by atoms with Crippen LogP contribution in [0.2, 0.25) is 0 Å². The van der Waals surface area contributed by atoms with Gasteiger partial charge in [0, 0.05) is 31.9 Å². The molecule has 7 nitrogen and oxygen atoms in total. The Balaban J connectivity index is 1.90. The lowest BCUT2D eigenvalue weighted by Gasteiger charge is -2.34. The first-order valence-corrected chi connectivity index (χ1v) is 9.99. The first kappa shape index (κ1) is 21.1. The third kappa shape index (κ3) is 6.48.